The number of ether oxygens (including phenoxy) is 2. The molecular weight excluding hydrogens is 401 g/mol. The number of nitrogens with zero attached hydrogens (tertiary/aromatic N) is 2. The van der Waals surface area contributed by atoms with Crippen LogP contribution in [0.15, 0.2) is 18.2 Å². The number of likely N-dealkylation sites (tertiary alicyclic amines) is 1. The number of esters is 1. The Morgan fingerprint density at radius 3 is 2.57 bits per heavy atom. The lowest BCUT2D eigenvalue weighted by Gasteiger charge is -2.38. The Hall–Kier alpha value is -2.76. The quantitative estimate of drug-likeness (QED) is 0.528. The maximum atomic E-state index is 12.9. The summed E-state index contributed by atoms with van der Waals surface area (Å²) in [5, 5.41) is 0. The Balaban J connectivity index is 2.36. The van der Waals surface area contributed by atoms with Crippen molar-refractivity contribution in [3.8, 4) is 11.8 Å². The van der Waals surface area contributed by atoms with Crippen LogP contribution in [0.5, 0.6) is 0 Å². The number of piperidine rings is 1. The molecule has 0 bridgehead atoms. The summed E-state index contributed by atoms with van der Waals surface area (Å²) in [6.45, 7) is 7.23. The van der Waals surface area contributed by atoms with Gasteiger partial charge in [0.2, 0.25) is 0 Å². The fourth-order valence-electron chi connectivity index (χ4n) is 2.97. The first-order chi connectivity index (χ1) is 13.9. The molecule has 2 rings (SSSR count). The number of amides is 1. The van der Waals surface area contributed by atoms with Crippen LogP contribution in [0.3, 0.4) is 0 Å². The molecule has 1 aromatic rings. The number of rotatable bonds is 2. The van der Waals surface area contributed by atoms with Crippen LogP contribution in [0.2, 0.25) is 0 Å². The van der Waals surface area contributed by atoms with E-state index in [1.165, 1.54) is 17.0 Å². The molecule has 1 saturated heterocycles. The van der Waals surface area contributed by atoms with Crippen molar-refractivity contribution in [1.82, 2.24) is 9.88 Å². The smallest absolute Gasteiger partial charge is 0.433 e. The summed E-state index contributed by atoms with van der Waals surface area (Å²) in [5.41, 5.74) is -3.28. The molecule has 2 heterocycles. The van der Waals surface area contributed by atoms with Gasteiger partial charge < -0.3 is 14.4 Å². The third kappa shape index (κ3) is 6.12. The Kier molecular flexibility index (Phi) is 7.01. The van der Waals surface area contributed by atoms with Gasteiger partial charge in [-0.3, -0.25) is 4.79 Å². The molecule has 1 aliphatic rings. The van der Waals surface area contributed by atoms with Crippen molar-refractivity contribution in [2.75, 3.05) is 19.7 Å². The van der Waals surface area contributed by atoms with E-state index in [1.807, 2.05) is 0 Å². The van der Waals surface area contributed by atoms with Gasteiger partial charge in [-0.1, -0.05) is 12.0 Å². The van der Waals surface area contributed by atoms with E-state index < -0.39 is 34.9 Å². The third-order valence-electron chi connectivity index (χ3n) is 4.28. The predicted molar refractivity (Wildman–Crippen MR) is 102 cm³/mol. The van der Waals surface area contributed by atoms with Crippen molar-refractivity contribution >= 4 is 12.1 Å². The van der Waals surface area contributed by atoms with Gasteiger partial charge in [0.1, 0.15) is 22.4 Å². The summed E-state index contributed by atoms with van der Waals surface area (Å²) in [5.74, 6) is 4.71. The molecular formula is C21H25F3N2O4. The molecule has 0 spiro atoms. The lowest BCUT2D eigenvalue weighted by molar-refractivity contribution is -0.154. The minimum absolute atomic E-state index is 0.0767. The van der Waals surface area contributed by atoms with Gasteiger partial charge >= 0.3 is 18.2 Å². The minimum atomic E-state index is -4.60. The number of aromatic nitrogens is 1. The maximum absolute atomic E-state index is 12.9. The number of hydrogen-bond donors (Lipinski definition) is 0. The van der Waals surface area contributed by atoms with Gasteiger partial charge in [-0.25, -0.2) is 9.78 Å². The van der Waals surface area contributed by atoms with Crippen molar-refractivity contribution < 1.29 is 32.2 Å². The van der Waals surface area contributed by atoms with Gasteiger partial charge in [-0.15, -0.1) is 0 Å². The molecule has 1 aliphatic heterocycles. The van der Waals surface area contributed by atoms with Crippen LogP contribution >= 0.6 is 0 Å². The zero-order valence-corrected chi connectivity index (χ0v) is 17.4. The molecule has 164 valence electrons. The summed E-state index contributed by atoms with van der Waals surface area (Å²) in [4.78, 5) is 30.1. The Morgan fingerprint density at radius 2 is 1.97 bits per heavy atom. The lowest BCUT2D eigenvalue weighted by Crippen LogP contribution is -2.51. The van der Waals surface area contributed by atoms with E-state index in [9.17, 15) is 22.8 Å². The third-order valence-corrected chi connectivity index (χ3v) is 4.28. The SMILES string of the molecule is CCOC(=O)C1(C#Cc2cccc(C(F)(F)F)n2)CCCN(C(=O)OC(C)(C)C)C1. The lowest BCUT2D eigenvalue weighted by atomic mass is 9.80. The van der Waals surface area contributed by atoms with Gasteiger partial charge in [0.05, 0.1) is 13.2 Å². The molecule has 9 heteroatoms. The highest BCUT2D eigenvalue weighted by Crippen LogP contribution is 2.32. The first-order valence-electron chi connectivity index (χ1n) is 9.59. The fraction of sp³-hybridized carbons (Fsp3) is 0.571. The molecule has 1 atom stereocenters. The van der Waals surface area contributed by atoms with Crippen molar-refractivity contribution in [3.63, 3.8) is 0 Å². The average Bonchev–Trinajstić information content (AvgIpc) is 2.65. The maximum Gasteiger partial charge on any atom is 0.433 e. The molecule has 1 amide bonds. The van der Waals surface area contributed by atoms with E-state index in [0.717, 1.165) is 6.07 Å². The molecule has 0 saturated carbocycles. The normalized spacial score (nSPS) is 19.5. The zero-order chi connectivity index (χ0) is 22.6. The molecule has 0 aromatic carbocycles. The van der Waals surface area contributed by atoms with Crippen molar-refractivity contribution in [2.45, 2.75) is 52.3 Å². The summed E-state index contributed by atoms with van der Waals surface area (Å²) in [6, 6.07) is 3.37. The van der Waals surface area contributed by atoms with Crippen LogP contribution in [-0.2, 0) is 20.4 Å². The predicted octanol–water partition coefficient (Wildman–Crippen LogP) is 4.03. The van der Waals surface area contributed by atoms with Crippen molar-refractivity contribution in [3.05, 3.63) is 29.6 Å². The van der Waals surface area contributed by atoms with Gasteiger partial charge in [-0.05, 0) is 58.6 Å². The fourth-order valence-corrected chi connectivity index (χ4v) is 2.97. The first kappa shape index (κ1) is 23.5. The monoisotopic (exact) mass is 426 g/mol. The number of halogens is 3. The van der Waals surface area contributed by atoms with Crippen LogP contribution in [0.25, 0.3) is 0 Å². The molecule has 30 heavy (non-hydrogen) atoms. The first-order valence-corrected chi connectivity index (χ1v) is 9.59. The van der Waals surface area contributed by atoms with Crippen molar-refractivity contribution in [1.29, 1.82) is 0 Å². The summed E-state index contributed by atoms with van der Waals surface area (Å²) in [7, 11) is 0. The highest BCUT2D eigenvalue weighted by atomic mass is 19.4. The zero-order valence-electron chi connectivity index (χ0n) is 17.4. The van der Waals surface area contributed by atoms with E-state index in [2.05, 4.69) is 16.8 Å². The van der Waals surface area contributed by atoms with Gasteiger partial charge in [0.15, 0.2) is 0 Å². The molecule has 6 nitrogen and oxygen atoms in total. The van der Waals surface area contributed by atoms with Crippen molar-refractivity contribution in [2.24, 2.45) is 5.41 Å². The standard InChI is InChI=1S/C21H25F3N2O4/c1-5-29-17(27)20(11-7-13-26(14-20)18(28)30-19(2,3)4)12-10-15-8-6-9-16(25-15)21(22,23)24/h6,8-9H,5,7,11,13-14H2,1-4H3. The van der Waals surface area contributed by atoms with Crippen LogP contribution in [-0.4, -0.2) is 47.2 Å². The summed E-state index contributed by atoms with van der Waals surface area (Å²) in [6.07, 6.45) is -4.43. The Bertz CT molecular complexity index is 852. The molecule has 1 unspecified atom stereocenters. The number of hydrogen-bond acceptors (Lipinski definition) is 5. The van der Waals surface area contributed by atoms with E-state index in [4.69, 9.17) is 9.47 Å². The van der Waals surface area contributed by atoms with E-state index in [1.54, 1.807) is 27.7 Å². The second-order valence-corrected chi connectivity index (χ2v) is 7.96. The van der Waals surface area contributed by atoms with E-state index >= 15 is 0 Å². The summed E-state index contributed by atoms with van der Waals surface area (Å²) >= 11 is 0. The average molecular weight is 426 g/mol. The van der Waals surface area contributed by atoms with Gasteiger partial charge in [0.25, 0.3) is 0 Å². The van der Waals surface area contributed by atoms with Crippen LogP contribution < -0.4 is 0 Å². The Labute approximate surface area is 173 Å². The number of alkyl halides is 3. The highest BCUT2D eigenvalue weighted by Gasteiger charge is 2.44. The molecule has 0 aliphatic carbocycles. The summed E-state index contributed by atoms with van der Waals surface area (Å²) < 4.78 is 49.2. The molecule has 0 N–H and O–H groups in total. The molecule has 1 fully saturated rings. The molecule has 0 radical (unpaired) electrons. The van der Waals surface area contributed by atoms with Crippen LogP contribution in [0, 0.1) is 17.3 Å². The minimum Gasteiger partial charge on any atom is -0.465 e. The van der Waals surface area contributed by atoms with Crippen LogP contribution in [0.1, 0.15) is 51.9 Å². The number of carbonyl (C=O) groups excluding carboxylic acids is 2. The highest BCUT2D eigenvalue weighted by molar-refractivity contribution is 5.82. The molecule has 1 aromatic heterocycles. The van der Waals surface area contributed by atoms with Gasteiger partial charge in [-0.2, -0.15) is 13.2 Å². The second-order valence-electron chi connectivity index (χ2n) is 7.96. The number of pyridine rings is 1. The topological polar surface area (TPSA) is 68.7 Å². The second kappa shape index (κ2) is 8.94. The van der Waals surface area contributed by atoms with Gasteiger partial charge in [0, 0.05) is 6.54 Å². The Morgan fingerprint density at radius 1 is 1.27 bits per heavy atom. The van der Waals surface area contributed by atoms with E-state index in [0.29, 0.717) is 19.4 Å². The van der Waals surface area contributed by atoms with E-state index in [-0.39, 0.29) is 18.8 Å². The largest absolute Gasteiger partial charge is 0.465 e. The van der Waals surface area contributed by atoms with Crippen LogP contribution in [0.4, 0.5) is 18.0 Å². The number of carbonyl (C=O) groups is 2.